The van der Waals surface area contributed by atoms with Crippen molar-refractivity contribution in [2.45, 2.75) is 51.0 Å². The van der Waals surface area contributed by atoms with E-state index in [4.69, 9.17) is 7.29 Å². The van der Waals surface area contributed by atoms with E-state index in [9.17, 15) is 13.5 Å². The second-order valence-corrected chi connectivity index (χ2v) is 8.36. The van der Waals surface area contributed by atoms with Crippen molar-refractivity contribution >= 4 is 10.4 Å². The SMILES string of the molecule is [3H]c1cc2c(c([3H])c1OS(=O)(=O)O)CC=C1[C@@H]2CC[C@]2(C)[C@@H](O)CC[C@@H]12. The van der Waals surface area contributed by atoms with Gasteiger partial charge in [0.1, 0.15) is 5.75 Å². The monoisotopic (exact) mass is 354 g/mol. The maximum atomic E-state index is 11.0. The Morgan fingerprint density at radius 2 is 2.17 bits per heavy atom. The van der Waals surface area contributed by atoms with Crippen LogP contribution in [-0.4, -0.2) is 24.2 Å². The first-order chi connectivity index (χ1) is 12.1. The fourth-order valence-electron chi connectivity index (χ4n) is 4.91. The molecule has 130 valence electrons. The van der Waals surface area contributed by atoms with Gasteiger partial charge in [0.2, 0.25) is 0 Å². The molecule has 3 aliphatic carbocycles. The van der Waals surface area contributed by atoms with Crippen molar-refractivity contribution in [3.05, 3.63) is 40.9 Å². The van der Waals surface area contributed by atoms with Gasteiger partial charge in [0.25, 0.3) is 0 Å². The number of allylic oxidation sites excluding steroid dienone is 2. The number of fused-ring (bicyclic) bond motifs is 5. The van der Waals surface area contributed by atoms with Crippen LogP contribution in [0.2, 0.25) is 0 Å². The first-order valence-electron chi connectivity index (χ1n) is 9.29. The molecule has 0 bridgehead atoms. The summed E-state index contributed by atoms with van der Waals surface area (Å²) in [6, 6.07) is 1.20. The van der Waals surface area contributed by atoms with Gasteiger partial charge in [-0.05, 0) is 61.2 Å². The van der Waals surface area contributed by atoms with Crippen molar-refractivity contribution in [3.63, 3.8) is 0 Å². The van der Waals surface area contributed by atoms with Crippen LogP contribution in [0.5, 0.6) is 5.75 Å². The van der Waals surface area contributed by atoms with Gasteiger partial charge in [-0.15, -0.1) is 0 Å². The smallest absolute Gasteiger partial charge is 0.393 e. The molecule has 6 heteroatoms. The maximum Gasteiger partial charge on any atom is 0.446 e. The van der Waals surface area contributed by atoms with Gasteiger partial charge in [-0.3, -0.25) is 4.55 Å². The van der Waals surface area contributed by atoms with Gasteiger partial charge in [-0.25, -0.2) is 0 Å². The van der Waals surface area contributed by atoms with Gasteiger partial charge < -0.3 is 9.29 Å². The first-order valence-corrected chi connectivity index (χ1v) is 9.66. The predicted octanol–water partition coefficient (Wildman–Crippen LogP) is 3.01. The topological polar surface area (TPSA) is 83.8 Å². The molecule has 2 saturated carbocycles. The number of hydrogen-bond donors (Lipinski definition) is 2. The fraction of sp³-hybridized carbons (Fsp3) is 0.556. The Balaban J connectivity index is 1.77. The quantitative estimate of drug-likeness (QED) is 0.630. The minimum absolute atomic E-state index is 0.0927. The highest BCUT2D eigenvalue weighted by Crippen LogP contribution is 2.59. The standard InChI is InChI=1S/C18H22O5S/c1-18-9-8-14-13-5-3-12(23-24(20,21)22)10-11(13)2-4-15(14)16(18)6-7-17(18)19/h3-5,10,14,16-17,19H,2,6-9H2,1H3,(H,20,21,22)/t14-,16+,17+,18+/m1/s1/i3T,10T. The number of aliphatic hydroxyl groups excluding tert-OH is 1. The van der Waals surface area contributed by atoms with E-state index in [0.717, 1.165) is 31.2 Å². The highest BCUT2D eigenvalue weighted by atomic mass is 32.3. The van der Waals surface area contributed by atoms with E-state index in [2.05, 4.69) is 17.2 Å². The van der Waals surface area contributed by atoms with Crippen LogP contribution < -0.4 is 4.18 Å². The van der Waals surface area contributed by atoms with Crippen LogP contribution in [0.1, 0.15) is 52.4 Å². The zero-order valence-electron chi connectivity index (χ0n) is 15.4. The molecular weight excluding hydrogens is 328 g/mol. The zero-order valence-corrected chi connectivity index (χ0v) is 14.3. The van der Waals surface area contributed by atoms with Crippen molar-refractivity contribution in [3.8, 4) is 5.75 Å². The molecule has 0 radical (unpaired) electrons. The van der Waals surface area contributed by atoms with Crippen LogP contribution in [0.3, 0.4) is 0 Å². The van der Waals surface area contributed by atoms with Crippen LogP contribution in [0, 0.1) is 11.3 Å². The fourth-order valence-corrected chi connectivity index (χ4v) is 5.21. The lowest BCUT2D eigenvalue weighted by atomic mass is 9.59. The average Bonchev–Trinajstić information content (AvgIpc) is 2.86. The van der Waals surface area contributed by atoms with E-state index in [1.54, 1.807) is 6.07 Å². The van der Waals surface area contributed by atoms with Gasteiger partial charge in [0, 0.05) is 11.3 Å². The predicted molar refractivity (Wildman–Crippen MR) is 89.2 cm³/mol. The lowest BCUT2D eigenvalue weighted by Crippen LogP contribution is -2.39. The molecule has 0 unspecified atom stereocenters. The summed E-state index contributed by atoms with van der Waals surface area (Å²) < 4.78 is 51.8. The molecule has 0 aromatic heterocycles. The molecule has 0 aliphatic heterocycles. The van der Waals surface area contributed by atoms with E-state index in [1.165, 1.54) is 5.57 Å². The third-order valence-corrected chi connectivity index (χ3v) is 6.52. The van der Waals surface area contributed by atoms with Crippen LogP contribution in [0.4, 0.5) is 0 Å². The summed E-state index contributed by atoms with van der Waals surface area (Å²) in [7, 11) is -4.78. The Hall–Kier alpha value is -1.37. The molecule has 0 saturated heterocycles. The number of rotatable bonds is 2. The number of hydrogen-bond acceptors (Lipinski definition) is 4. The maximum absolute atomic E-state index is 11.0. The lowest BCUT2D eigenvalue weighted by Gasteiger charge is -2.46. The Labute approximate surface area is 145 Å². The van der Waals surface area contributed by atoms with Crippen LogP contribution in [-0.2, 0) is 16.8 Å². The molecule has 3 aliphatic rings. The summed E-state index contributed by atoms with van der Waals surface area (Å²) >= 11 is 0. The van der Waals surface area contributed by atoms with Crippen molar-refractivity contribution in [2.75, 3.05) is 0 Å². The van der Waals surface area contributed by atoms with Crippen LogP contribution in [0.25, 0.3) is 0 Å². The third kappa shape index (κ3) is 2.48. The molecule has 0 spiro atoms. The third-order valence-electron chi connectivity index (χ3n) is 6.14. The van der Waals surface area contributed by atoms with Crippen molar-refractivity contribution < 1.29 is 25.0 Å². The Kier molecular flexibility index (Phi) is 3.07. The minimum atomic E-state index is -4.78. The summed E-state index contributed by atoms with van der Waals surface area (Å²) in [5.74, 6) is -0.0309. The molecule has 0 amide bonds. The Morgan fingerprint density at radius 1 is 1.38 bits per heavy atom. The second kappa shape index (κ2) is 5.31. The van der Waals surface area contributed by atoms with Gasteiger partial charge in [0.05, 0.1) is 8.85 Å². The number of benzene rings is 1. The Morgan fingerprint density at radius 3 is 2.92 bits per heavy atom. The van der Waals surface area contributed by atoms with Crippen LogP contribution in [0.15, 0.2) is 29.8 Å². The van der Waals surface area contributed by atoms with Gasteiger partial charge in [0.15, 0.2) is 0 Å². The van der Waals surface area contributed by atoms with E-state index in [-0.39, 0.29) is 29.5 Å². The first kappa shape index (κ1) is 13.9. The lowest BCUT2D eigenvalue weighted by molar-refractivity contribution is 0.0267. The summed E-state index contributed by atoms with van der Waals surface area (Å²) in [4.78, 5) is 0. The zero-order chi connectivity index (χ0) is 18.9. The highest BCUT2D eigenvalue weighted by Gasteiger charge is 2.51. The molecule has 4 rings (SSSR count). The second-order valence-electron chi connectivity index (χ2n) is 7.34. The molecule has 1 aromatic rings. The van der Waals surface area contributed by atoms with E-state index >= 15 is 0 Å². The molecule has 0 heterocycles. The number of aliphatic hydroxyl groups is 1. The van der Waals surface area contributed by atoms with E-state index in [1.807, 2.05) is 0 Å². The molecule has 5 nitrogen and oxygen atoms in total. The minimum Gasteiger partial charge on any atom is -0.393 e. The molecule has 4 atom stereocenters. The molecular formula is C18H22O5S. The molecule has 2 N–H and O–H groups in total. The molecule has 24 heavy (non-hydrogen) atoms. The van der Waals surface area contributed by atoms with Gasteiger partial charge >= 0.3 is 10.4 Å². The normalized spacial score (nSPS) is 36.0. The molecule has 2 fully saturated rings. The van der Waals surface area contributed by atoms with E-state index < -0.39 is 16.1 Å². The average molecular weight is 354 g/mol. The summed E-state index contributed by atoms with van der Waals surface area (Å²) in [5.41, 5.74) is 2.70. The Bertz CT molecular complexity index is 911. The van der Waals surface area contributed by atoms with Gasteiger partial charge in [-0.2, -0.15) is 8.42 Å². The summed E-state index contributed by atoms with van der Waals surface area (Å²) in [6.45, 7) is 2.15. The largest absolute Gasteiger partial charge is 0.446 e. The van der Waals surface area contributed by atoms with E-state index in [0.29, 0.717) is 17.9 Å². The highest BCUT2D eigenvalue weighted by molar-refractivity contribution is 7.81. The summed E-state index contributed by atoms with van der Waals surface area (Å²) in [6.07, 6.45) is 5.73. The van der Waals surface area contributed by atoms with Crippen molar-refractivity contribution in [1.29, 1.82) is 0 Å². The van der Waals surface area contributed by atoms with Crippen LogP contribution >= 0.6 is 0 Å². The van der Waals surface area contributed by atoms with Gasteiger partial charge in [-0.1, -0.05) is 24.6 Å². The van der Waals surface area contributed by atoms with Crippen molar-refractivity contribution in [1.82, 2.24) is 0 Å². The molecule has 1 aromatic carbocycles. The summed E-state index contributed by atoms with van der Waals surface area (Å²) in [5, 5.41) is 10.4. The van der Waals surface area contributed by atoms with Crippen molar-refractivity contribution in [2.24, 2.45) is 11.3 Å².